The molecule has 2 aromatic rings. The SMILES string of the molecule is CC(CCc1ccccc1)NCc1cc(F)cc(F)c1. The van der Waals surface area contributed by atoms with Gasteiger partial charge in [-0.15, -0.1) is 0 Å². The molecule has 3 heteroatoms. The van der Waals surface area contributed by atoms with Crippen molar-refractivity contribution in [2.45, 2.75) is 32.4 Å². The lowest BCUT2D eigenvalue weighted by Gasteiger charge is -2.14. The molecule has 0 spiro atoms. The Kier molecular flexibility index (Phi) is 5.24. The number of nitrogens with one attached hydrogen (secondary N) is 1. The molecule has 0 amide bonds. The zero-order valence-corrected chi connectivity index (χ0v) is 11.6. The fourth-order valence-electron chi connectivity index (χ4n) is 2.14. The summed E-state index contributed by atoms with van der Waals surface area (Å²) in [5.41, 5.74) is 1.94. The molecular weight excluding hydrogens is 256 g/mol. The average Bonchev–Trinajstić information content (AvgIpc) is 2.43. The van der Waals surface area contributed by atoms with Crippen LogP contribution in [0.1, 0.15) is 24.5 Å². The standard InChI is InChI=1S/C17H19F2N/c1-13(7-8-14-5-3-2-4-6-14)20-12-15-9-16(18)11-17(19)10-15/h2-6,9-11,13,20H,7-8,12H2,1H3. The van der Waals surface area contributed by atoms with E-state index in [0.29, 0.717) is 18.2 Å². The summed E-state index contributed by atoms with van der Waals surface area (Å²) in [5, 5.41) is 3.29. The normalized spacial score (nSPS) is 12.3. The van der Waals surface area contributed by atoms with Crippen LogP contribution in [-0.2, 0) is 13.0 Å². The van der Waals surface area contributed by atoms with Gasteiger partial charge in [-0.05, 0) is 43.0 Å². The lowest BCUT2D eigenvalue weighted by Crippen LogP contribution is -2.26. The van der Waals surface area contributed by atoms with Crippen molar-refractivity contribution in [2.75, 3.05) is 0 Å². The van der Waals surface area contributed by atoms with Gasteiger partial charge in [-0.1, -0.05) is 30.3 Å². The summed E-state index contributed by atoms with van der Waals surface area (Å²) in [5.74, 6) is -1.06. The van der Waals surface area contributed by atoms with E-state index in [-0.39, 0.29) is 0 Å². The van der Waals surface area contributed by atoms with Gasteiger partial charge in [0.05, 0.1) is 0 Å². The lowest BCUT2D eigenvalue weighted by molar-refractivity contribution is 0.509. The first kappa shape index (κ1) is 14.7. The minimum atomic E-state index is -0.529. The zero-order chi connectivity index (χ0) is 14.4. The minimum absolute atomic E-state index is 0.293. The molecule has 0 aliphatic rings. The van der Waals surface area contributed by atoms with E-state index in [9.17, 15) is 8.78 Å². The molecule has 20 heavy (non-hydrogen) atoms. The van der Waals surface area contributed by atoms with Gasteiger partial charge < -0.3 is 5.32 Å². The van der Waals surface area contributed by atoms with Crippen LogP contribution in [0, 0.1) is 11.6 Å². The molecule has 0 aliphatic heterocycles. The zero-order valence-electron chi connectivity index (χ0n) is 11.6. The minimum Gasteiger partial charge on any atom is -0.310 e. The van der Waals surface area contributed by atoms with E-state index in [1.165, 1.54) is 17.7 Å². The topological polar surface area (TPSA) is 12.0 Å². The molecule has 1 N–H and O–H groups in total. The fourth-order valence-corrected chi connectivity index (χ4v) is 2.14. The summed E-state index contributed by atoms with van der Waals surface area (Å²) in [6, 6.07) is 14.2. The Morgan fingerprint density at radius 2 is 1.60 bits per heavy atom. The second-order valence-corrected chi connectivity index (χ2v) is 5.08. The van der Waals surface area contributed by atoms with E-state index in [2.05, 4.69) is 24.4 Å². The number of aryl methyl sites for hydroxylation is 1. The Labute approximate surface area is 118 Å². The maximum absolute atomic E-state index is 13.1. The molecule has 0 heterocycles. The van der Waals surface area contributed by atoms with Crippen LogP contribution in [-0.4, -0.2) is 6.04 Å². The number of rotatable bonds is 6. The molecule has 2 aromatic carbocycles. The molecular formula is C17H19F2N. The highest BCUT2D eigenvalue weighted by Crippen LogP contribution is 2.09. The van der Waals surface area contributed by atoms with Gasteiger partial charge in [0.1, 0.15) is 11.6 Å². The molecule has 2 rings (SSSR count). The third-order valence-electron chi connectivity index (χ3n) is 3.29. The van der Waals surface area contributed by atoms with E-state index >= 15 is 0 Å². The summed E-state index contributed by atoms with van der Waals surface area (Å²) >= 11 is 0. The van der Waals surface area contributed by atoms with Crippen LogP contribution in [0.25, 0.3) is 0 Å². The Morgan fingerprint density at radius 3 is 2.25 bits per heavy atom. The van der Waals surface area contributed by atoms with Crippen molar-refractivity contribution in [3.8, 4) is 0 Å². The Hall–Kier alpha value is -1.74. The smallest absolute Gasteiger partial charge is 0.126 e. The van der Waals surface area contributed by atoms with Crippen molar-refractivity contribution >= 4 is 0 Å². The number of hydrogen-bond donors (Lipinski definition) is 1. The van der Waals surface area contributed by atoms with E-state index < -0.39 is 11.6 Å². The molecule has 0 bridgehead atoms. The maximum atomic E-state index is 13.1. The molecule has 1 nitrogen and oxygen atoms in total. The molecule has 1 unspecified atom stereocenters. The molecule has 106 valence electrons. The largest absolute Gasteiger partial charge is 0.310 e. The van der Waals surface area contributed by atoms with E-state index in [0.717, 1.165) is 18.9 Å². The maximum Gasteiger partial charge on any atom is 0.126 e. The van der Waals surface area contributed by atoms with Crippen LogP contribution < -0.4 is 5.32 Å². The van der Waals surface area contributed by atoms with E-state index in [4.69, 9.17) is 0 Å². The van der Waals surface area contributed by atoms with Crippen molar-refractivity contribution in [3.05, 3.63) is 71.3 Å². The van der Waals surface area contributed by atoms with Crippen LogP contribution >= 0.6 is 0 Å². The van der Waals surface area contributed by atoms with Gasteiger partial charge in [0, 0.05) is 18.7 Å². The molecule has 0 radical (unpaired) electrons. The molecule has 0 aromatic heterocycles. The lowest BCUT2D eigenvalue weighted by atomic mass is 10.1. The van der Waals surface area contributed by atoms with Crippen molar-refractivity contribution in [2.24, 2.45) is 0 Å². The van der Waals surface area contributed by atoms with Crippen LogP contribution in [0.5, 0.6) is 0 Å². The van der Waals surface area contributed by atoms with Crippen molar-refractivity contribution in [1.29, 1.82) is 0 Å². The fraction of sp³-hybridized carbons (Fsp3) is 0.294. The highest BCUT2D eigenvalue weighted by molar-refractivity contribution is 5.18. The Morgan fingerprint density at radius 1 is 0.950 bits per heavy atom. The van der Waals surface area contributed by atoms with Gasteiger partial charge in [0.2, 0.25) is 0 Å². The van der Waals surface area contributed by atoms with Gasteiger partial charge >= 0.3 is 0 Å². The molecule has 0 fully saturated rings. The summed E-state index contributed by atoms with van der Waals surface area (Å²) < 4.78 is 26.1. The van der Waals surface area contributed by atoms with E-state index in [1.807, 2.05) is 18.2 Å². The predicted molar refractivity (Wildman–Crippen MR) is 77.4 cm³/mol. The number of benzene rings is 2. The quantitative estimate of drug-likeness (QED) is 0.837. The van der Waals surface area contributed by atoms with Crippen molar-refractivity contribution in [3.63, 3.8) is 0 Å². The van der Waals surface area contributed by atoms with Gasteiger partial charge in [-0.2, -0.15) is 0 Å². The first-order chi connectivity index (χ1) is 9.63. The van der Waals surface area contributed by atoms with Crippen molar-refractivity contribution < 1.29 is 8.78 Å². The average molecular weight is 275 g/mol. The first-order valence-corrected chi connectivity index (χ1v) is 6.86. The molecule has 1 atom stereocenters. The summed E-state index contributed by atoms with van der Waals surface area (Å²) in [6.07, 6.45) is 1.98. The summed E-state index contributed by atoms with van der Waals surface area (Å²) in [4.78, 5) is 0. The highest BCUT2D eigenvalue weighted by Gasteiger charge is 2.04. The number of halogens is 2. The summed E-state index contributed by atoms with van der Waals surface area (Å²) in [7, 11) is 0. The molecule has 0 saturated heterocycles. The van der Waals surface area contributed by atoms with Gasteiger partial charge in [0.25, 0.3) is 0 Å². The van der Waals surface area contributed by atoms with Gasteiger partial charge in [-0.3, -0.25) is 0 Å². The van der Waals surface area contributed by atoms with Crippen LogP contribution in [0.3, 0.4) is 0 Å². The van der Waals surface area contributed by atoms with Crippen LogP contribution in [0.15, 0.2) is 48.5 Å². The first-order valence-electron chi connectivity index (χ1n) is 6.86. The van der Waals surface area contributed by atoms with E-state index in [1.54, 1.807) is 0 Å². The van der Waals surface area contributed by atoms with Crippen LogP contribution in [0.4, 0.5) is 8.78 Å². The second-order valence-electron chi connectivity index (χ2n) is 5.08. The molecule has 0 saturated carbocycles. The third-order valence-corrected chi connectivity index (χ3v) is 3.29. The van der Waals surface area contributed by atoms with Crippen molar-refractivity contribution in [1.82, 2.24) is 5.32 Å². The predicted octanol–water partition coefficient (Wildman–Crippen LogP) is 4.08. The monoisotopic (exact) mass is 275 g/mol. The van der Waals surface area contributed by atoms with Gasteiger partial charge in [0.15, 0.2) is 0 Å². The summed E-state index contributed by atoms with van der Waals surface area (Å²) in [6.45, 7) is 2.56. The Bertz CT molecular complexity index is 520. The number of hydrogen-bond acceptors (Lipinski definition) is 1. The molecule has 0 aliphatic carbocycles. The highest BCUT2D eigenvalue weighted by atomic mass is 19.1. The van der Waals surface area contributed by atoms with Crippen LogP contribution in [0.2, 0.25) is 0 Å². The second kappa shape index (κ2) is 7.15. The Balaban J connectivity index is 1.78. The van der Waals surface area contributed by atoms with Gasteiger partial charge in [-0.25, -0.2) is 8.78 Å². The third kappa shape index (κ3) is 4.74.